The number of carbonyl (C=O) groups excluding carboxylic acids is 2. The van der Waals surface area contributed by atoms with Crippen molar-refractivity contribution in [2.45, 2.75) is 51.9 Å². The van der Waals surface area contributed by atoms with Gasteiger partial charge in [-0.3, -0.25) is 14.4 Å². The fourth-order valence-electron chi connectivity index (χ4n) is 2.34. The van der Waals surface area contributed by atoms with Gasteiger partial charge in [-0.15, -0.1) is 0 Å². The number of halogens is 3. The Kier molecular flexibility index (Phi) is 9.40. The zero-order valence-corrected chi connectivity index (χ0v) is 16.4. The monoisotopic (exact) mass is 403 g/mol. The molecule has 0 aliphatic heterocycles. The predicted octanol–water partition coefficient (Wildman–Crippen LogP) is 2.58. The molecular formula is C19H28F3N3O3. The van der Waals surface area contributed by atoms with Crippen LogP contribution in [0, 0.1) is 0 Å². The number of nitrogens with zero attached hydrogens (tertiary/aromatic N) is 1. The van der Waals surface area contributed by atoms with E-state index in [-0.39, 0.29) is 13.1 Å². The van der Waals surface area contributed by atoms with E-state index in [2.05, 4.69) is 5.32 Å². The van der Waals surface area contributed by atoms with Crippen molar-refractivity contribution in [1.29, 1.82) is 0 Å². The van der Waals surface area contributed by atoms with Crippen LogP contribution in [0.2, 0.25) is 0 Å². The van der Waals surface area contributed by atoms with E-state index in [1.165, 1.54) is 5.06 Å². The molecule has 1 rings (SSSR count). The number of nitrogens with one attached hydrogen (secondary N) is 2. The van der Waals surface area contributed by atoms with Crippen molar-refractivity contribution < 1.29 is 27.6 Å². The van der Waals surface area contributed by atoms with E-state index in [1.807, 2.05) is 45.0 Å². The van der Waals surface area contributed by atoms with E-state index in [1.54, 1.807) is 5.32 Å². The van der Waals surface area contributed by atoms with Gasteiger partial charge >= 0.3 is 12.1 Å². The summed E-state index contributed by atoms with van der Waals surface area (Å²) < 4.78 is 36.0. The number of carbonyl (C=O) groups is 2. The van der Waals surface area contributed by atoms with Crippen LogP contribution in [-0.4, -0.2) is 48.8 Å². The van der Waals surface area contributed by atoms with Gasteiger partial charge in [-0.25, -0.2) is 5.06 Å². The molecule has 9 heteroatoms. The van der Waals surface area contributed by atoms with E-state index in [0.29, 0.717) is 19.5 Å². The fourth-order valence-corrected chi connectivity index (χ4v) is 2.34. The lowest BCUT2D eigenvalue weighted by atomic mass is 10.1. The van der Waals surface area contributed by atoms with Crippen LogP contribution in [0.1, 0.15) is 38.3 Å². The molecule has 0 unspecified atom stereocenters. The number of benzene rings is 1. The summed E-state index contributed by atoms with van der Waals surface area (Å²) in [6, 6.07) is 7.80. The van der Waals surface area contributed by atoms with E-state index in [9.17, 15) is 22.8 Å². The van der Waals surface area contributed by atoms with Crippen molar-refractivity contribution in [2.75, 3.05) is 19.6 Å². The Balaban J connectivity index is 2.25. The number of hydroxylamine groups is 2. The number of aryl methyl sites for hydroxylation is 1. The molecule has 158 valence electrons. The van der Waals surface area contributed by atoms with Crippen molar-refractivity contribution in [3.8, 4) is 0 Å². The van der Waals surface area contributed by atoms with E-state index in [4.69, 9.17) is 4.84 Å². The van der Waals surface area contributed by atoms with Crippen LogP contribution >= 0.6 is 0 Å². The zero-order valence-electron chi connectivity index (χ0n) is 16.4. The number of hydrogen-bond donors (Lipinski definition) is 2. The van der Waals surface area contributed by atoms with Gasteiger partial charge in [0.25, 0.3) is 0 Å². The molecule has 2 N–H and O–H groups in total. The van der Waals surface area contributed by atoms with Gasteiger partial charge in [-0.1, -0.05) is 24.3 Å². The minimum Gasteiger partial charge on any atom is -0.347 e. The third kappa shape index (κ3) is 10.3. The molecular weight excluding hydrogens is 375 g/mol. The number of alkyl halides is 3. The summed E-state index contributed by atoms with van der Waals surface area (Å²) in [5.41, 5.74) is 1.60. The highest BCUT2D eigenvalue weighted by molar-refractivity contribution is 5.81. The maximum Gasteiger partial charge on any atom is 0.471 e. The Morgan fingerprint density at radius 1 is 1.07 bits per heavy atom. The fraction of sp³-hybridized carbons (Fsp3) is 0.579. The molecule has 0 atom stereocenters. The van der Waals surface area contributed by atoms with Crippen molar-refractivity contribution in [3.05, 3.63) is 35.4 Å². The highest BCUT2D eigenvalue weighted by atomic mass is 19.4. The lowest BCUT2D eigenvalue weighted by Gasteiger charge is -2.26. The number of amides is 2. The molecule has 0 bridgehead atoms. The number of rotatable bonds is 11. The lowest BCUT2D eigenvalue weighted by Crippen LogP contribution is -2.40. The first-order chi connectivity index (χ1) is 13.0. The molecule has 28 heavy (non-hydrogen) atoms. The van der Waals surface area contributed by atoms with Gasteiger partial charge < -0.3 is 10.6 Å². The van der Waals surface area contributed by atoms with Gasteiger partial charge in [0.2, 0.25) is 6.41 Å². The second-order valence-corrected chi connectivity index (χ2v) is 7.31. The van der Waals surface area contributed by atoms with E-state index < -0.39 is 17.7 Å². The Labute approximate surface area is 163 Å². The topological polar surface area (TPSA) is 70.7 Å². The van der Waals surface area contributed by atoms with Gasteiger partial charge in [0.1, 0.15) is 0 Å². The Hall–Kier alpha value is -2.13. The van der Waals surface area contributed by atoms with Gasteiger partial charge in [0.05, 0.1) is 12.1 Å². The molecule has 0 fully saturated rings. The standard InChI is InChI=1S/C19H28F3N3O3/c1-18(2,3)28-25(14-26)13-16-8-6-15(7-9-16)5-4-10-23-11-12-24-17(27)19(20,21)22/h6-9,14,23H,4-5,10-13H2,1-3H3,(H,24,27). The first-order valence-corrected chi connectivity index (χ1v) is 9.06. The molecule has 1 aromatic carbocycles. The maximum absolute atomic E-state index is 12.0. The van der Waals surface area contributed by atoms with Crippen LogP contribution in [0.5, 0.6) is 0 Å². The smallest absolute Gasteiger partial charge is 0.347 e. The first kappa shape index (κ1) is 23.9. The predicted molar refractivity (Wildman–Crippen MR) is 99.1 cm³/mol. The second-order valence-electron chi connectivity index (χ2n) is 7.31. The molecule has 0 aliphatic rings. The van der Waals surface area contributed by atoms with Gasteiger partial charge in [0, 0.05) is 13.1 Å². The molecule has 6 nitrogen and oxygen atoms in total. The van der Waals surface area contributed by atoms with Crippen LogP contribution < -0.4 is 10.6 Å². The van der Waals surface area contributed by atoms with Crippen molar-refractivity contribution in [2.24, 2.45) is 0 Å². The van der Waals surface area contributed by atoms with Gasteiger partial charge in [-0.2, -0.15) is 13.2 Å². The summed E-state index contributed by atoms with van der Waals surface area (Å²) in [4.78, 5) is 27.3. The zero-order chi connectivity index (χ0) is 21.2. The highest BCUT2D eigenvalue weighted by Crippen LogP contribution is 2.14. The van der Waals surface area contributed by atoms with Gasteiger partial charge in [0.15, 0.2) is 0 Å². The van der Waals surface area contributed by atoms with Crippen LogP contribution in [0.25, 0.3) is 0 Å². The number of hydrogen-bond acceptors (Lipinski definition) is 4. The second kappa shape index (κ2) is 11.0. The average Bonchev–Trinajstić information content (AvgIpc) is 2.59. The average molecular weight is 403 g/mol. The minimum absolute atomic E-state index is 0.0725. The Bertz CT molecular complexity index is 614. The van der Waals surface area contributed by atoms with Crippen molar-refractivity contribution >= 4 is 12.3 Å². The minimum atomic E-state index is -4.84. The summed E-state index contributed by atoms with van der Waals surface area (Å²) >= 11 is 0. The third-order valence-corrected chi connectivity index (χ3v) is 3.53. The van der Waals surface area contributed by atoms with Crippen LogP contribution in [-0.2, 0) is 27.4 Å². The van der Waals surface area contributed by atoms with E-state index in [0.717, 1.165) is 24.0 Å². The quantitative estimate of drug-likeness (QED) is 0.339. The molecule has 0 aromatic heterocycles. The summed E-state index contributed by atoms with van der Waals surface area (Å²) in [5, 5.41) is 6.05. The highest BCUT2D eigenvalue weighted by Gasteiger charge is 2.38. The molecule has 0 saturated carbocycles. The van der Waals surface area contributed by atoms with Crippen molar-refractivity contribution in [1.82, 2.24) is 15.7 Å². The molecule has 2 amide bonds. The van der Waals surface area contributed by atoms with Crippen LogP contribution in [0.3, 0.4) is 0 Å². The molecule has 0 saturated heterocycles. The molecule has 0 heterocycles. The van der Waals surface area contributed by atoms with Crippen molar-refractivity contribution in [3.63, 3.8) is 0 Å². The summed E-state index contributed by atoms with van der Waals surface area (Å²) in [7, 11) is 0. The van der Waals surface area contributed by atoms with Crippen LogP contribution in [0.4, 0.5) is 13.2 Å². The SMILES string of the molecule is CC(C)(C)ON(C=O)Cc1ccc(CCCNCCNC(=O)C(F)(F)F)cc1. The van der Waals surface area contributed by atoms with E-state index >= 15 is 0 Å². The summed E-state index contributed by atoms with van der Waals surface area (Å²) in [6.07, 6.45) is -2.58. The lowest BCUT2D eigenvalue weighted by molar-refractivity contribution is -0.220. The summed E-state index contributed by atoms with van der Waals surface area (Å²) in [5.74, 6) is -1.92. The molecule has 0 radical (unpaired) electrons. The molecule has 0 aliphatic carbocycles. The van der Waals surface area contributed by atoms with Crippen LogP contribution in [0.15, 0.2) is 24.3 Å². The normalized spacial score (nSPS) is 11.9. The van der Waals surface area contributed by atoms with Gasteiger partial charge in [-0.05, 0) is 51.3 Å². The molecule has 1 aromatic rings. The summed E-state index contributed by atoms with van der Waals surface area (Å²) in [6.45, 7) is 6.78. The molecule has 0 spiro atoms. The Morgan fingerprint density at radius 2 is 1.68 bits per heavy atom. The first-order valence-electron chi connectivity index (χ1n) is 9.06. The maximum atomic E-state index is 12.0. The Morgan fingerprint density at radius 3 is 2.21 bits per heavy atom. The third-order valence-electron chi connectivity index (χ3n) is 3.53. The largest absolute Gasteiger partial charge is 0.471 e.